The molecule has 3 N–H and O–H groups in total. The summed E-state index contributed by atoms with van der Waals surface area (Å²) in [6.45, 7) is 7.83. The molecule has 0 amide bonds. The number of aliphatic hydroxyl groups is 3. The predicted molar refractivity (Wildman–Crippen MR) is 71.0 cm³/mol. The first-order valence-electron chi connectivity index (χ1n) is 7.00. The molecule has 3 heteroatoms. The first-order chi connectivity index (χ1) is 8.31. The van der Waals surface area contributed by atoms with Gasteiger partial charge in [0.2, 0.25) is 0 Å². The van der Waals surface area contributed by atoms with Gasteiger partial charge >= 0.3 is 0 Å². The fraction of sp³-hybridized carbons (Fsp3) is 0.867. The van der Waals surface area contributed by atoms with Crippen LogP contribution in [0.25, 0.3) is 0 Å². The topological polar surface area (TPSA) is 60.7 Å². The van der Waals surface area contributed by atoms with Crippen LogP contribution in [0.15, 0.2) is 12.2 Å². The maximum Gasteiger partial charge on any atom is 0.0877 e. The molecule has 0 radical (unpaired) electrons. The van der Waals surface area contributed by atoms with Gasteiger partial charge in [-0.3, -0.25) is 0 Å². The molecular formula is C15H26O3. The van der Waals surface area contributed by atoms with E-state index in [4.69, 9.17) is 0 Å². The van der Waals surface area contributed by atoms with Crippen molar-refractivity contribution in [2.45, 2.75) is 57.7 Å². The maximum absolute atomic E-state index is 10.3. The van der Waals surface area contributed by atoms with Gasteiger partial charge in [-0.2, -0.15) is 0 Å². The lowest BCUT2D eigenvalue weighted by atomic mass is 9.54. The van der Waals surface area contributed by atoms with Gasteiger partial charge in [-0.05, 0) is 50.9 Å². The molecule has 104 valence electrons. The summed E-state index contributed by atoms with van der Waals surface area (Å²) in [5, 5.41) is 29.8. The highest BCUT2D eigenvalue weighted by atomic mass is 16.3. The highest BCUT2D eigenvalue weighted by molar-refractivity contribution is 5.15. The zero-order chi connectivity index (χ0) is 13.6. The van der Waals surface area contributed by atoms with Crippen LogP contribution in [0.4, 0.5) is 0 Å². The lowest BCUT2D eigenvalue weighted by Crippen LogP contribution is -2.51. The Kier molecular flexibility index (Phi) is 3.60. The normalized spacial score (nSPS) is 44.3. The van der Waals surface area contributed by atoms with E-state index in [-0.39, 0.29) is 30.0 Å². The Hall–Kier alpha value is -0.380. The van der Waals surface area contributed by atoms with Crippen molar-refractivity contribution in [2.24, 2.45) is 17.3 Å². The van der Waals surface area contributed by atoms with Crippen molar-refractivity contribution in [1.29, 1.82) is 0 Å². The van der Waals surface area contributed by atoms with E-state index in [1.807, 2.05) is 0 Å². The van der Waals surface area contributed by atoms with Crippen LogP contribution in [0.3, 0.4) is 0 Å². The number of aliphatic hydroxyl groups excluding tert-OH is 2. The van der Waals surface area contributed by atoms with Crippen molar-refractivity contribution in [3.05, 3.63) is 12.2 Å². The summed E-state index contributed by atoms with van der Waals surface area (Å²) in [4.78, 5) is 0. The third-order valence-electron chi connectivity index (χ3n) is 5.54. The van der Waals surface area contributed by atoms with Crippen molar-refractivity contribution in [2.75, 3.05) is 6.61 Å². The third-order valence-corrected chi connectivity index (χ3v) is 5.54. The van der Waals surface area contributed by atoms with E-state index in [9.17, 15) is 15.3 Å². The number of hydrogen-bond donors (Lipinski definition) is 3. The second-order valence-electron chi connectivity index (χ2n) is 6.76. The lowest BCUT2D eigenvalue weighted by molar-refractivity contribution is -0.109. The lowest BCUT2D eigenvalue weighted by Gasteiger charge is -2.53. The Morgan fingerprint density at radius 3 is 2.72 bits per heavy atom. The van der Waals surface area contributed by atoms with Crippen molar-refractivity contribution < 1.29 is 15.3 Å². The summed E-state index contributed by atoms with van der Waals surface area (Å²) in [5.74, 6) is 0.376. The zero-order valence-electron chi connectivity index (χ0n) is 11.5. The molecule has 0 unspecified atom stereocenters. The summed E-state index contributed by atoms with van der Waals surface area (Å²) in [7, 11) is 0. The van der Waals surface area contributed by atoms with Gasteiger partial charge in [0.15, 0.2) is 0 Å². The summed E-state index contributed by atoms with van der Waals surface area (Å²) in [6.07, 6.45) is 4.04. The minimum absolute atomic E-state index is 0.0859. The van der Waals surface area contributed by atoms with Crippen LogP contribution in [0.2, 0.25) is 0 Å². The molecule has 0 spiro atoms. The molecule has 0 bridgehead atoms. The number of rotatable bonds is 2. The summed E-state index contributed by atoms with van der Waals surface area (Å²) in [6, 6.07) is 0. The highest BCUT2D eigenvalue weighted by Gasteiger charge is 2.50. The molecule has 3 nitrogen and oxygen atoms in total. The van der Waals surface area contributed by atoms with Gasteiger partial charge in [0, 0.05) is 5.41 Å². The first-order valence-corrected chi connectivity index (χ1v) is 7.00. The molecule has 0 aromatic heterocycles. The van der Waals surface area contributed by atoms with Crippen LogP contribution >= 0.6 is 0 Å². The van der Waals surface area contributed by atoms with Gasteiger partial charge in [0.1, 0.15) is 0 Å². The first kappa shape index (κ1) is 14.0. The molecule has 2 saturated carbocycles. The van der Waals surface area contributed by atoms with Crippen LogP contribution in [0, 0.1) is 17.3 Å². The predicted octanol–water partition coefficient (Wildman–Crippen LogP) is 1.86. The molecule has 2 aliphatic carbocycles. The van der Waals surface area contributed by atoms with E-state index < -0.39 is 5.60 Å². The second-order valence-corrected chi connectivity index (χ2v) is 6.76. The number of hydrogen-bond acceptors (Lipinski definition) is 3. The highest BCUT2D eigenvalue weighted by Crippen LogP contribution is 2.54. The molecule has 0 aromatic rings. The van der Waals surface area contributed by atoms with Crippen molar-refractivity contribution in [1.82, 2.24) is 0 Å². The number of allylic oxidation sites excluding steroid dienone is 1. The molecule has 0 heterocycles. The zero-order valence-corrected chi connectivity index (χ0v) is 11.5. The van der Waals surface area contributed by atoms with Gasteiger partial charge in [0.25, 0.3) is 0 Å². The summed E-state index contributed by atoms with van der Waals surface area (Å²) in [5.41, 5.74) is 0.114. The Labute approximate surface area is 110 Å². The van der Waals surface area contributed by atoms with E-state index in [0.717, 1.165) is 32.1 Å². The van der Waals surface area contributed by atoms with E-state index in [0.29, 0.717) is 0 Å². The quantitative estimate of drug-likeness (QED) is 0.659. The Bertz CT molecular complexity index is 337. The largest absolute Gasteiger partial charge is 0.393 e. The van der Waals surface area contributed by atoms with Crippen LogP contribution < -0.4 is 0 Å². The van der Waals surface area contributed by atoms with Crippen LogP contribution in [-0.4, -0.2) is 33.6 Å². The van der Waals surface area contributed by atoms with Gasteiger partial charge in [0.05, 0.1) is 18.3 Å². The van der Waals surface area contributed by atoms with Crippen molar-refractivity contribution in [3.8, 4) is 0 Å². The standard InChI is InChI=1S/C15H26O3/c1-10-4-5-13(17)14(2)7-6-11(8-12(10)14)15(3,18)9-16/h11-13,16-18H,1,4-9H2,2-3H3/t11-,12+,13-,14-,15-/m1/s1. The van der Waals surface area contributed by atoms with Gasteiger partial charge in [-0.1, -0.05) is 19.1 Å². The summed E-state index contributed by atoms with van der Waals surface area (Å²) < 4.78 is 0. The van der Waals surface area contributed by atoms with Crippen molar-refractivity contribution in [3.63, 3.8) is 0 Å². The SMILES string of the molecule is C=C1CC[C@@H](O)[C@]2(C)CC[C@@H]([C@](C)(O)CO)C[C@@H]12. The van der Waals surface area contributed by atoms with E-state index in [1.165, 1.54) is 5.57 Å². The van der Waals surface area contributed by atoms with Crippen LogP contribution in [0.1, 0.15) is 46.0 Å². The monoisotopic (exact) mass is 254 g/mol. The van der Waals surface area contributed by atoms with E-state index in [1.54, 1.807) is 6.92 Å². The van der Waals surface area contributed by atoms with Crippen LogP contribution in [0.5, 0.6) is 0 Å². The molecule has 0 saturated heterocycles. The molecule has 0 aromatic carbocycles. The van der Waals surface area contributed by atoms with Crippen LogP contribution in [-0.2, 0) is 0 Å². The number of fused-ring (bicyclic) bond motifs is 1. The fourth-order valence-corrected chi connectivity index (χ4v) is 3.88. The fourth-order valence-electron chi connectivity index (χ4n) is 3.88. The molecule has 2 aliphatic rings. The third kappa shape index (κ3) is 2.13. The van der Waals surface area contributed by atoms with Gasteiger partial charge < -0.3 is 15.3 Å². The molecule has 2 rings (SSSR count). The molecule has 2 fully saturated rings. The van der Waals surface area contributed by atoms with E-state index in [2.05, 4.69) is 13.5 Å². The van der Waals surface area contributed by atoms with Gasteiger partial charge in [-0.25, -0.2) is 0 Å². The van der Waals surface area contributed by atoms with Crippen molar-refractivity contribution >= 4 is 0 Å². The maximum atomic E-state index is 10.3. The Morgan fingerprint density at radius 2 is 2.11 bits per heavy atom. The molecule has 5 atom stereocenters. The Balaban J connectivity index is 2.19. The molecular weight excluding hydrogens is 228 g/mol. The minimum atomic E-state index is -1.01. The second kappa shape index (κ2) is 4.62. The smallest absolute Gasteiger partial charge is 0.0877 e. The average Bonchev–Trinajstić information content (AvgIpc) is 2.34. The van der Waals surface area contributed by atoms with Gasteiger partial charge in [-0.15, -0.1) is 0 Å². The Morgan fingerprint density at radius 1 is 1.44 bits per heavy atom. The minimum Gasteiger partial charge on any atom is -0.393 e. The van der Waals surface area contributed by atoms with E-state index >= 15 is 0 Å². The molecule has 18 heavy (non-hydrogen) atoms. The summed E-state index contributed by atoms with van der Waals surface area (Å²) >= 11 is 0. The molecule has 0 aliphatic heterocycles. The average molecular weight is 254 g/mol.